The Morgan fingerprint density at radius 2 is 2.00 bits per heavy atom. The van der Waals surface area contributed by atoms with Crippen molar-refractivity contribution < 1.29 is 5.21 Å². The fraction of sp³-hybridized carbons (Fsp3) is 0.533. The summed E-state index contributed by atoms with van der Waals surface area (Å²) < 4.78 is 0. The van der Waals surface area contributed by atoms with Crippen LogP contribution in [0.1, 0.15) is 18.4 Å². The molecule has 3 N–H and O–H groups in total. The summed E-state index contributed by atoms with van der Waals surface area (Å²) in [5, 5.41) is 12.3. The van der Waals surface area contributed by atoms with Crippen molar-refractivity contribution in [1.82, 2.24) is 4.90 Å². The lowest BCUT2D eigenvalue weighted by Crippen LogP contribution is -2.47. The third-order valence-electron chi connectivity index (χ3n) is 4.31. The Morgan fingerprint density at radius 1 is 1.29 bits per heavy atom. The van der Waals surface area contributed by atoms with E-state index < -0.39 is 0 Å². The van der Waals surface area contributed by atoms with Gasteiger partial charge in [0.2, 0.25) is 0 Å². The molecule has 1 aliphatic heterocycles. The van der Waals surface area contributed by atoms with Crippen molar-refractivity contribution >= 4 is 23.3 Å². The van der Waals surface area contributed by atoms with E-state index in [0.717, 1.165) is 48.4 Å². The van der Waals surface area contributed by atoms with Crippen LogP contribution in [0.2, 0.25) is 0 Å². The molecule has 21 heavy (non-hydrogen) atoms. The molecule has 0 spiro atoms. The minimum Gasteiger partial charge on any atom is -0.409 e. The van der Waals surface area contributed by atoms with Gasteiger partial charge in [-0.3, -0.25) is 4.90 Å². The van der Waals surface area contributed by atoms with Gasteiger partial charge in [-0.15, -0.1) is 11.8 Å². The van der Waals surface area contributed by atoms with E-state index in [4.69, 9.17) is 10.9 Å². The van der Waals surface area contributed by atoms with E-state index >= 15 is 0 Å². The van der Waals surface area contributed by atoms with Crippen molar-refractivity contribution in [3.8, 4) is 0 Å². The van der Waals surface area contributed by atoms with Crippen LogP contribution in [0.4, 0.5) is 5.69 Å². The molecular formula is C15H22N4OS. The first-order valence-electron chi connectivity index (χ1n) is 7.38. The molecule has 1 aliphatic carbocycles. The average molecular weight is 306 g/mol. The predicted octanol–water partition coefficient (Wildman–Crippen LogP) is 1.79. The van der Waals surface area contributed by atoms with Crippen LogP contribution in [0.5, 0.6) is 0 Å². The summed E-state index contributed by atoms with van der Waals surface area (Å²) in [4.78, 5) is 5.98. The topological polar surface area (TPSA) is 65.1 Å². The van der Waals surface area contributed by atoms with Crippen LogP contribution in [-0.4, -0.2) is 54.4 Å². The Kier molecular flexibility index (Phi) is 4.26. The number of thioether (sulfide) groups is 1. The van der Waals surface area contributed by atoms with Crippen LogP contribution >= 0.6 is 11.8 Å². The highest BCUT2D eigenvalue weighted by molar-refractivity contribution is 7.98. The molecule has 1 heterocycles. The normalized spacial score (nSPS) is 20.8. The molecular weight excluding hydrogens is 284 g/mol. The molecule has 114 valence electrons. The predicted molar refractivity (Wildman–Crippen MR) is 87.5 cm³/mol. The molecule has 1 saturated heterocycles. The maximum absolute atomic E-state index is 9.08. The summed E-state index contributed by atoms with van der Waals surface area (Å²) in [6.45, 7) is 4.20. The summed E-state index contributed by atoms with van der Waals surface area (Å²) >= 11 is 1.62. The summed E-state index contributed by atoms with van der Waals surface area (Å²) in [6.07, 6.45) is 4.73. The number of nitrogens with two attached hydrogens (primary N) is 1. The second-order valence-corrected chi connectivity index (χ2v) is 6.44. The van der Waals surface area contributed by atoms with Gasteiger partial charge in [0.05, 0.1) is 5.56 Å². The molecule has 0 atom stereocenters. The molecule has 0 aromatic heterocycles. The van der Waals surface area contributed by atoms with Crippen molar-refractivity contribution in [2.24, 2.45) is 10.9 Å². The molecule has 0 amide bonds. The molecule has 1 aromatic rings. The highest BCUT2D eigenvalue weighted by Gasteiger charge is 2.31. The monoisotopic (exact) mass is 306 g/mol. The number of hydrogen-bond acceptors (Lipinski definition) is 5. The maximum Gasteiger partial charge on any atom is 0.173 e. The minimum absolute atomic E-state index is 0.194. The molecule has 5 nitrogen and oxygen atoms in total. The number of oxime groups is 1. The quantitative estimate of drug-likeness (QED) is 0.292. The van der Waals surface area contributed by atoms with Gasteiger partial charge in [0.1, 0.15) is 0 Å². The number of hydrogen-bond donors (Lipinski definition) is 2. The van der Waals surface area contributed by atoms with E-state index in [1.54, 1.807) is 11.8 Å². The largest absolute Gasteiger partial charge is 0.409 e. The summed E-state index contributed by atoms with van der Waals surface area (Å²) in [7, 11) is 0. The maximum atomic E-state index is 9.08. The van der Waals surface area contributed by atoms with Gasteiger partial charge >= 0.3 is 0 Å². The summed E-state index contributed by atoms with van der Waals surface area (Å²) in [5.74, 6) is 0.194. The van der Waals surface area contributed by atoms with Gasteiger partial charge in [0.15, 0.2) is 5.84 Å². The first-order chi connectivity index (χ1) is 10.2. The molecule has 3 rings (SSSR count). The second kappa shape index (κ2) is 6.15. The Bertz CT molecular complexity index is 536. The van der Waals surface area contributed by atoms with Crippen LogP contribution in [0.15, 0.2) is 28.3 Å². The molecule has 0 radical (unpaired) electrons. The molecule has 6 heteroatoms. The molecule has 2 aliphatic rings. The van der Waals surface area contributed by atoms with E-state index in [1.807, 2.05) is 18.4 Å². The van der Waals surface area contributed by atoms with E-state index in [2.05, 4.69) is 21.0 Å². The van der Waals surface area contributed by atoms with Crippen molar-refractivity contribution in [2.45, 2.75) is 23.8 Å². The minimum atomic E-state index is 0.194. The van der Waals surface area contributed by atoms with Crippen molar-refractivity contribution in [2.75, 3.05) is 37.3 Å². The Balaban J connectivity index is 1.84. The van der Waals surface area contributed by atoms with Gasteiger partial charge in [-0.25, -0.2) is 0 Å². The van der Waals surface area contributed by atoms with Crippen molar-refractivity contribution in [1.29, 1.82) is 0 Å². The zero-order valence-corrected chi connectivity index (χ0v) is 13.1. The molecule has 0 unspecified atom stereocenters. The second-order valence-electron chi connectivity index (χ2n) is 5.59. The summed E-state index contributed by atoms with van der Waals surface area (Å²) in [6, 6.07) is 6.96. The number of amidine groups is 1. The fourth-order valence-corrected chi connectivity index (χ4v) is 3.66. The van der Waals surface area contributed by atoms with Crippen LogP contribution in [0, 0.1) is 0 Å². The van der Waals surface area contributed by atoms with E-state index in [9.17, 15) is 0 Å². The first kappa shape index (κ1) is 14.5. The number of anilines is 1. The lowest BCUT2D eigenvalue weighted by atomic mass is 10.1. The zero-order valence-electron chi connectivity index (χ0n) is 12.3. The molecule has 1 aromatic carbocycles. The van der Waals surface area contributed by atoms with E-state index in [1.165, 1.54) is 12.8 Å². The van der Waals surface area contributed by atoms with Gasteiger partial charge in [0.25, 0.3) is 0 Å². The third kappa shape index (κ3) is 2.96. The Hall–Kier alpha value is -1.40. The van der Waals surface area contributed by atoms with Crippen LogP contribution in [0.3, 0.4) is 0 Å². The molecule has 1 saturated carbocycles. The van der Waals surface area contributed by atoms with Crippen LogP contribution in [0.25, 0.3) is 0 Å². The van der Waals surface area contributed by atoms with Crippen LogP contribution in [-0.2, 0) is 0 Å². The SMILES string of the molecule is CSc1cccc(N2CCN(C3CC3)CC2)c1/C(N)=N/O. The van der Waals surface area contributed by atoms with Crippen molar-refractivity contribution in [3.63, 3.8) is 0 Å². The lowest BCUT2D eigenvalue weighted by Gasteiger charge is -2.37. The molecule has 0 bridgehead atoms. The Labute approximate surface area is 129 Å². The number of benzene rings is 1. The highest BCUT2D eigenvalue weighted by Crippen LogP contribution is 2.32. The smallest absolute Gasteiger partial charge is 0.173 e. The van der Waals surface area contributed by atoms with Gasteiger partial charge in [-0.05, 0) is 31.2 Å². The standard InChI is InChI=1S/C15H22N4OS/c1-21-13-4-2-3-12(14(13)15(16)17-20)19-9-7-18(8-10-19)11-5-6-11/h2-4,11,20H,5-10H2,1H3,(H2,16,17). The summed E-state index contributed by atoms with van der Waals surface area (Å²) in [5.41, 5.74) is 7.84. The highest BCUT2D eigenvalue weighted by atomic mass is 32.2. The van der Waals surface area contributed by atoms with E-state index in [0.29, 0.717) is 0 Å². The Morgan fingerprint density at radius 3 is 2.57 bits per heavy atom. The fourth-order valence-electron chi connectivity index (χ4n) is 3.03. The van der Waals surface area contributed by atoms with Gasteiger partial charge in [0, 0.05) is 42.8 Å². The first-order valence-corrected chi connectivity index (χ1v) is 8.61. The van der Waals surface area contributed by atoms with Crippen molar-refractivity contribution in [3.05, 3.63) is 23.8 Å². The van der Waals surface area contributed by atoms with Gasteiger partial charge in [-0.1, -0.05) is 11.2 Å². The lowest BCUT2D eigenvalue weighted by molar-refractivity contribution is 0.248. The van der Waals surface area contributed by atoms with E-state index in [-0.39, 0.29) is 5.84 Å². The average Bonchev–Trinajstić information content (AvgIpc) is 3.38. The van der Waals surface area contributed by atoms with Gasteiger partial charge in [-0.2, -0.15) is 0 Å². The zero-order chi connectivity index (χ0) is 14.8. The number of rotatable bonds is 4. The van der Waals surface area contributed by atoms with Gasteiger partial charge < -0.3 is 15.8 Å². The number of piperazine rings is 1. The molecule has 2 fully saturated rings. The van der Waals surface area contributed by atoms with Crippen LogP contribution < -0.4 is 10.6 Å². The number of nitrogens with zero attached hydrogens (tertiary/aromatic N) is 3. The third-order valence-corrected chi connectivity index (χ3v) is 5.09.